The summed E-state index contributed by atoms with van der Waals surface area (Å²) >= 11 is 3.36. The van der Waals surface area contributed by atoms with Crippen LogP contribution in [0, 0.1) is 11.6 Å². The number of hydrogen-bond acceptors (Lipinski definition) is 2. The highest BCUT2D eigenvalue weighted by atomic mass is 79.9. The molecule has 1 aliphatic rings. The van der Waals surface area contributed by atoms with E-state index >= 15 is 0 Å². The van der Waals surface area contributed by atoms with Gasteiger partial charge in [-0.05, 0) is 28.1 Å². The molecule has 1 aromatic heterocycles. The van der Waals surface area contributed by atoms with E-state index in [2.05, 4.69) is 21.0 Å². The summed E-state index contributed by atoms with van der Waals surface area (Å²) in [5, 5.41) is 4.29. The van der Waals surface area contributed by atoms with Gasteiger partial charge in [0.05, 0.1) is 6.61 Å². The third kappa shape index (κ3) is 1.80. The minimum Gasteiger partial charge on any atom is -0.477 e. The lowest BCUT2D eigenvalue weighted by atomic mass is 10.1. The SMILES string of the molecule is Fc1ccc(-c2nn3c(c2Br)OCCC3)c(F)c1. The van der Waals surface area contributed by atoms with E-state index in [1.807, 2.05) is 0 Å². The van der Waals surface area contributed by atoms with Crippen LogP contribution in [0.2, 0.25) is 0 Å². The summed E-state index contributed by atoms with van der Waals surface area (Å²) < 4.78 is 34.4. The van der Waals surface area contributed by atoms with Gasteiger partial charge in [0.1, 0.15) is 21.8 Å². The number of fused-ring (bicyclic) bond motifs is 1. The fourth-order valence-corrected chi connectivity index (χ4v) is 2.56. The molecular formula is C12H9BrF2N2O. The molecule has 2 heterocycles. The van der Waals surface area contributed by atoms with Crippen LogP contribution in [0.15, 0.2) is 22.7 Å². The molecule has 0 saturated carbocycles. The first-order valence-electron chi connectivity index (χ1n) is 5.51. The Morgan fingerprint density at radius 3 is 2.89 bits per heavy atom. The zero-order chi connectivity index (χ0) is 12.7. The molecule has 3 rings (SSSR count). The molecule has 2 aromatic rings. The molecule has 6 heteroatoms. The van der Waals surface area contributed by atoms with E-state index in [1.54, 1.807) is 4.68 Å². The monoisotopic (exact) mass is 314 g/mol. The predicted octanol–water partition coefficient (Wildman–Crippen LogP) is 3.37. The molecule has 1 aliphatic heterocycles. The second kappa shape index (κ2) is 4.35. The van der Waals surface area contributed by atoms with Crippen molar-refractivity contribution in [2.45, 2.75) is 13.0 Å². The van der Waals surface area contributed by atoms with Crippen LogP contribution in [0.1, 0.15) is 6.42 Å². The number of nitrogens with zero attached hydrogens (tertiary/aromatic N) is 2. The van der Waals surface area contributed by atoms with Gasteiger partial charge in [-0.15, -0.1) is 0 Å². The summed E-state index contributed by atoms with van der Waals surface area (Å²) in [4.78, 5) is 0. The molecule has 3 nitrogen and oxygen atoms in total. The first kappa shape index (κ1) is 11.6. The first-order chi connectivity index (χ1) is 8.66. The van der Waals surface area contributed by atoms with E-state index in [1.165, 1.54) is 12.1 Å². The standard InChI is InChI=1S/C12H9BrF2N2O/c13-10-11(8-3-2-7(14)6-9(8)15)16-17-4-1-5-18-12(10)17/h2-3,6H,1,4-5H2. The maximum Gasteiger partial charge on any atom is 0.227 e. The van der Waals surface area contributed by atoms with Crippen LogP contribution in [0.3, 0.4) is 0 Å². The molecule has 0 radical (unpaired) electrons. The highest BCUT2D eigenvalue weighted by molar-refractivity contribution is 9.10. The van der Waals surface area contributed by atoms with Crippen molar-refractivity contribution in [1.82, 2.24) is 9.78 Å². The van der Waals surface area contributed by atoms with E-state index in [9.17, 15) is 8.78 Å². The summed E-state index contributed by atoms with van der Waals surface area (Å²) in [6, 6.07) is 3.44. The fourth-order valence-electron chi connectivity index (χ4n) is 1.95. The maximum absolute atomic E-state index is 13.7. The van der Waals surface area contributed by atoms with E-state index in [-0.39, 0.29) is 5.56 Å². The van der Waals surface area contributed by atoms with Crippen molar-refractivity contribution in [2.75, 3.05) is 6.61 Å². The van der Waals surface area contributed by atoms with Crippen LogP contribution in [0.5, 0.6) is 5.88 Å². The van der Waals surface area contributed by atoms with Crippen molar-refractivity contribution >= 4 is 15.9 Å². The molecule has 94 valence electrons. The molecule has 1 aromatic carbocycles. The number of rotatable bonds is 1. The third-order valence-corrected chi connectivity index (χ3v) is 3.50. The highest BCUT2D eigenvalue weighted by Gasteiger charge is 2.22. The Morgan fingerprint density at radius 2 is 2.17 bits per heavy atom. The topological polar surface area (TPSA) is 27.1 Å². The summed E-state index contributed by atoms with van der Waals surface area (Å²) in [5.41, 5.74) is 0.693. The molecule has 0 N–H and O–H groups in total. The molecular weight excluding hydrogens is 306 g/mol. The van der Waals surface area contributed by atoms with Crippen LogP contribution in [-0.2, 0) is 6.54 Å². The Hall–Kier alpha value is -1.43. The average Bonchev–Trinajstić information content (AvgIpc) is 2.68. The van der Waals surface area contributed by atoms with Crippen LogP contribution in [0.4, 0.5) is 8.78 Å². The van der Waals surface area contributed by atoms with Crippen molar-refractivity contribution in [3.63, 3.8) is 0 Å². The van der Waals surface area contributed by atoms with Gasteiger partial charge in [0.15, 0.2) is 0 Å². The molecule has 0 saturated heterocycles. The van der Waals surface area contributed by atoms with Crippen molar-refractivity contribution in [3.05, 3.63) is 34.3 Å². The Labute approximate surface area is 110 Å². The zero-order valence-corrected chi connectivity index (χ0v) is 10.9. The van der Waals surface area contributed by atoms with Gasteiger partial charge < -0.3 is 4.74 Å². The Balaban J connectivity index is 2.14. The van der Waals surface area contributed by atoms with Crippen molar-refractivity contribution < 1.29 is 13.5 Å². The number of benzene rings is 1. The van der Waals surface area contributed by atoms with Gasteiger partial charge in [0.2, 0.25) is 5.88 Å². The van der Waals surface area contributed by atoms with Gasteiger partial charge in [-0.3, -0.25) is 0 Å². The molecule has 0 amide bonds. The molecule has 0 spiro atoms. The van der Waals surface area contributed by atoms with Crippen LogP contribution in [-0.4, -0.2) is 16.4 Å². The van der Waals surface area contributed by atoms with Gasteiger partial charge in [-0.25, -0.2) is 13.5 Å². The summed E-state index contributed by atoms with van der Waals surface area (Å²) in [5.74, 6) is -0.640. The lowest BCUT2D eigenvalue weighted by molar-refractivity contribution is 0.229. The number of aryl methyl sites for hydroxylation is 1. The third-order valence-electron chi connectivity index (χ3n) is 2.79. The second-order valence-corrected chi connectivity index (χ2v) is 4.81. The summed E-state index contributed by atoms with van der Waals surface area (Å²) in [6.45, 7) is 1.35. The normalized spacial score (nSPS) is 14.2. The van der Waals surface area contributed by atoms with Crippen LogP contribution < -0.4 is 4.74 Å². The van der Waals surface area contributed by atoms with E-state index < -0.39 is 11.6 Å². The zero-order valence-electron chi connectivity index (χ0n) is 9.29. The molecule has 0 fully saturated rings. The Bertz CT molecular complexity index is 612. The Kier molecular flexibility index (Phi) is 2.81. The maximum atomic E-state index is 13.7. The van der Waals surface area contributed by atoms with Gasteiger partial charge in [-0.1, -0.05) is 0 Å². The fraction of sp³-hybridized carbons (Fsp3) is 0.250. The first-order valence-corrected chi connectivity index (χ1v) is 6.30. The molecule has 0 atom stereocenters. The number of ether oxygens (including phenoxy) is 1. The minimum atomic E-state index is -0.633. The van der Waals surface area contributed by atoms with Gasteiger partial charge >= 0.3 is 0 Å². The quantitative estimate of drug-likeness (QED) is 0.807. The van der Waals surface area contributed by atoms with Crippen molar-refractivity contribution in [2.24, 2.45) is 0 Å². The van der Waals surface area contributed by atoms with Gasteiger partial charge in [-0.2, -0.15) is 5.10 Å². The second-order valence-electron chi connectivity index (χ2n) is 4.02. The molecule has 0 aliphatic carbocycles. The predicted molar refractivity (Wildman–Crippen MR) is 65.4 cm³/mol. The summed E-state index contributed by atoms with van der Waals surface area (Å²) in [6.07, 6.45) is 0.868. The Morgan fingerprint density at radius 1 is 1.33 bits per heavy atom. The average molecular weight is 315 g/mol. The highest BCUT2D eigenvalue weighted by Crippen LogP contribution is 2.37. The van der Waals surface area contributed by atoms with Gasteiger partial charge in [0.25, 0.3) is 0 Å². The van der Waals surface area contributed by atoms with Crippen LogP contribution in [0.25, 0.3) is 11.3 Å². The van der Waals surface area contributed by atoms with Gasteiger partial charge in [0, 0.05) is 24.6 Å². The van der Waals surface area contributed by atoms with Crippen molar-refractivity contribution in [1.29, 1.82) is 0 Å². The van der Waals surface area contributed by atoms with Crippen LogP contribution >= 0.6 is 15.9 Å². The lowest BCUT2D eigenvalue weighted by Gasteiger charge is -2.14. The number of hydrogen-bond donors (Lipinski definition) is 0. The van der Waals surface area contributed by atoms with E-state index in [0.717, 1.165) is 19.0 Å². The van der Waals surface area contributed by atoms with E-state index in [0.29, 0.717) is 22.7 Å². The van der Waals surface area contributed by atoms with Crippen molar-refractivity contribution in [3.8, 4) is 17.1 Å². The lowest BCUT2D eigenvalue weighted by Crippen LogP contribution is -2.14. The largest absolute Gasteiger partial charge is 0.477 e. The minimum absolute atomic E-state index is 0.258. The molecule has 0 bridgehead atoms. The molecule has 18 heavy (non-hydrogen) atoms. The molecule has 0 unspecified atom stereocenters. The number of aromatic nitrogens is 2. The van der Waals surface area contributed by atoms with E-state index in [4.69, 9.17) is 4.74 Å². The summed E-state index contributed by atoms with van der Waals surface area (Å²) in [7, 11) is 0. The number of halogens is 3. The smallest absolute Gasteiger partial charge is 0.227 e.